The second-order valence-corrected chi connectivity index (χ2v) is 5.79. The first kappa shape index (κ1) is 17.6. The Morgan fingerprint density at radius 1 is 1.22 bits per heavy atom. The lowest BCUT2D eigenvalue weighted by Gasteiger charge is -2.09. The van der Waals surface area contributed by atoms with Gasteiger partial charge in [0.2, 0.25) is 5.91 Å². The van der Waals surface area contributed by atoms with Crippen LogP contribution in [0.5, 0.6) is 5.75 Å². The molecule has 0 bridgehead atoms. The molecule has 0 aliphatic heterocycles. The Kier molecular flexibility index (Phi) is 7.17. The SMILES string of the molecule is O=C(CCc1ccccn1)NCCCOc1ccc(Cl)cc1Cl. The molecule has 0 fully saturated rings. The van der Waals surface area contributed by atoms with Crippen LogP contribution in [0.1, 0.15) is 18.5 Å². The van der Waals surface area contributed by atoms with Crippen LogP contribution < -0.4 is 10.1 Å². The topological polar surface area (TPSA) is 51.2 Å². The molecule has 122 valence electrons. The summed E-state index contributed by atoms with van der Waals surface area (Å²) in [6, 6.07) is 10.8. The van der Waals surface area contributed by atoms with Crippen molar-refractivity contribution in [3.05, 3.63) is 58.3 Å². The minimum absolute atomic E-state index is 0.0141. The molecule has 0 saturated carbocycles. The second-order valence-electron chi connectivity index (χ2n) is 4.95. The summed E-state index contributed by atoms with van der Waals surface area (Å²) in [5, 5.41) is 3.92. The Morgan fingerprint density at radius 2 is 2.09 bits per heavy atom. The normalized spacial score (nSPS) is 10.3. The number of rotatable bonds is 8. The summed E-state index contributed by atoms with van der Waals surface area (Å²) in [4.78, 5) is 15.9. The van der Waals surface area contributed by atoms with Gasteiger partial charge in [0.15, 0.2) is 0 Å². The molecule has 2 aromatic rings. The highest BCUT2D eigenvalue weighted by molar-refractivity contribution is 6.35. The molecule has 4 nitrogen and oxygen atoms in total. The van der Waals surface area contributed by atoms with Crippen molar-refractivity contribution in [2.75, 3.05) is 13.2 Å². The molecular weight excluding hydrogens is 335 g/mol. The third-order valence-corrected chi connectivity index (χ3v) is 3.66. The number of aromatic nitrogens is 1. The number of ether oxygens (including phenoxy) is 1. The van der Waals surface area contributed by atoms with Gasteiger partial charge in [-0.25, -0.2) is 0 Å². The summed E-state index contributed by atoms with van der Waals surface area (Å²) in [5.41, 5.74) is 0.920. The minimum Gasteiger partial charge on any atom is -0.492 e. The molecule has 23 heavy (non-hydrogen) atoms. The molecule has 2 rings (SSSR count). The van der Waals surface area contributed by atoms with Crippen molar-refractivity contribution in [1.29, 1.82) is 0 Å². The summed E-state index contributed by atoms with van der Waals surface area (Å²) in [6.45, 7) is 1.04. The molecule has 6 heteroatoms. The smallest absolute Gasteiger partial charge is 0.220 e. The van der Waals surface area contributed by atoms with Crippen LogP contribution >= 0.6 is 23.2 Å². The number of hydrogen-bond acceptors (Lipinski definition) is 3. The predicted molar refractivity (Wildman–Crippen MR) is 92.1 cm³/mol. The van der Waals surface area contributed by atoms with E-state index in [0.717, 1.165) is 5.69 Å². The van der Waals surface area contributed by atoms with E-state index in [0.29, 0.717) is 48.2 Å². The van der Waals surface area contributed by atoms with Crippen LogP contribution in [0, 0.1) is 0 Å². The molecule has 1 aromatic heterocycles. The summed E-state index contributed by atoms with van der Waals surface area (Å²) in [5.74, 6) is 0.609. The van der Waals surface area contributed by atoms with Gasteiger partial charge in [-0.2, -0.15) is 0 Å². The molecule has 1 heterocycles. The van der Waals surface area contributed by atoms with Crippen molar-refractivity contribution in [1.82, 2.24) is 10.3 Å². The maximum atomic E-state index is 11.7. The summed E-state index contributed by atoms with van der Waals surface area (Å²) in [6.07, 6.45) is 3.51. The number of benzene rings is 1. The molecule has 1 amide bonds. The van der Waals surface area contributed by atoms with Crippen molar-refractivity contribution in [3.63, 3.8) is 0 Å². The first-order chi connectivity index (χ1) is 11.1. The first-order valence-corrected chi connectivity index (χ1v) is 8.15. The molecule has 1 aromatic carbocycles. The lowest BCUT2D eigenvalue weighted by Crippen LogP contribution is -2.25. The van der Waals surface area contributed by atoms with Gasteiger partial charge in [-0.3, -0.25) is 9.78 Å². The first-order valence-electron chi connectivity index (χ1n) is 7.39. The van der Waals surface area contributed by atoms with Crippen LogP contribution in [-0.2, 0) is 11.2 Å². The van der Waals surface area contributed by atoms with E-state index in [2.05, 4.69) is 10.3 Å². The number of aryl methyl sites for hydroxylation is 1. The molecule has 0 spiro atoms. The highest BCUT2D eigenvalue weighted by Gasteiger charge is 2.04. The van der Waals surface area contributed by atoms with E-state index in [1.807, 2.05) is 18.2 Å². The van der Waals surface area contributed by atoms with E-state index in [1.54, 1.807) is 24.4 Å². The van der Waals surface area contributed by atoms with Gasteiger partial charge in [0.1, 0.15) is 5.75 Å². The van der Waals surface area contributed by atoms with Crippen molar-refractivity contribution in [3.8, 4) is 5.75 Å². The van der Waals surface area contributed by atoms with Gasteiger partial charge in [0.25, 0.3) is 0 Å². The summed E-state index contributed by atoms with van der Waals surface area (Å²) in [7, 11) is 0. The molecular formula is C17H18Cl2N2O2. The van der Waals surface area contributed by atoms with Crippen molar-refractivity contribution in [2.24, 2.45) is 0 Å². The second kappa shape index (κ2) is 9.38. The number of nitrogens with zero attached hydrogens (tertiary/aromatic N) is 1. The number of nitrogens with one attached hydrogen (secondary N) is 1. The van der Waals surface area contributed by atoms with Crippen LogP contribution in [-0.4, -0.2) is 24.0 Å². The molecule has 0 saturated heterocycles. The molecule has 0 aliphatic rings. The van der Waals surface area contributed by atoms with Gasteiger partial charge in [0.05, 0.1) is 11.6 Å². The van der Waals surface area contributed by atoms with Crippen LogP contribution in [0.2, 0.25) is 10.0 Å². The van der Waals surface area contributed by atoms with E-state index in [-0.39, 0.29) is 5.91 Å². The maximum absolute atomic E-state index is 11.7. The standard InChI is InChI=1S/C17H18Cl2N2O2/c18-13-5-7-16(15(19)12-13)23-11-3-10-21-17(22)8-6-14-4-1-2-9-20-14/h1-2,4-5,7,9,12H,3,6,8,10-11H2,(H,21,22). The Balaban J connectivity index is 1.59. The van der Waals surface area contributed by atoms with Gasteiger partial charge in [-0.05, 0) is 43.2 Å². The van der Waals surface area contributed by atoms with E-state index in [1.165, 1.54) is 0 Å². The van der Waals surface area contributed by atoms with E-state index in [4.69, 9.17) is 27.9 Å². The van der Waals surface area contributed by atoms with Crippen molar-refractivity contribution >= 4 is 29.1 Å². The molecule has 0 aliphatic carbocycles. The monoisotopic (exact) mass is 352 g/mol. The van der Waals surface area contributed by atoms with Gasteiger partial charge in [-0.15, -0.1) is 0 Å². The third-order valence-electron chi connectivity index (χ3n) is 3.13. The fraction of sp³-hybridized carbons (Fsp3) is 0.294. The van der Waals surface area contributed by atoms with Gasteiger partial charge in [0, 0.05) is 29.9 Å². The maximum Gasteiger partial charge on any atom is 0.220 e. The quantitative estimate of drug-likeness (QED) is 0.732. The number of carbonyl (C=O) groups is 1. The lowest BCUT2D eigenvalue weighted by molar-refractivity contribution is -0.121. The Bertz CT molecular complexity index is 636. The zero-order valence-electron chi connectivity index (χ0n) is 12.6. The molecule has 0 unspecified atom stereocenters. The fourth-order valence-corrected chi connectivity index (χ4v) is 2.41. The van der Waals surface area contributed by atoms with E-state index >= 15 is 0 Å². The number of pyridine rings is 1. The largest absolute Gasteiger partial charge is 0.492 e. The van der Waals surface area contributed by atoms with Crippen molar-refractivity contribution in [2.45, 2.75) is 19.3 Å². The van der Waals surface area contributed by atoms with Crippen LogP contribution in [0.25, 0.3) is 0 Å². The number of amides is 1. The fourth-order valence-electron chi connectivity index (χ4n) is 1.95. The zero-order valence-corrected chi connectivity index (χ0v) is 14.1. The van der Waals surface area contributed by atoms with Crippen LogP contribution in [0.3, 0.4) is 0 Å². The highest BCUT2D eigenvalue weighted by Crippen LogP contribution is 2.27. The number of hydrogen-bond donors (Lipinski definition) is 1. The predicted octanol–water partition coefficient (Wildman–Crippen LogP) is 3.91. The van der Waals surface area contributed by atoms with E-state index < -0.39 is 0 Å². The molecule has 0 radical (unpaired) electrons. The number of halogens is 2. The zero-order chi connectivity index (χ0) is 16.5. The van der Waals surface area contributed by atoms with Crippen LogP contribution in [0.4, 0.5) is 0 Å². The van der Waals surface area contributed by atoms with Crippen LogP contribution in [0.15, 0.2) is 42.6 Å². The van der Waals surface area contributed by atoms with Gasteiger partial charge >= 0.3 is 0 Å². The Morgan fingerprint density at radius 3 is 2.83 bits per heavy atom. The van der Waals surface area contributed by atoms with Gasteiger partial charge in [-0.1, -0.05) is 29.3 Å². The summed E-state index contributed by atoms with van der Waals surface area (Å²) >= 11 is 11.8. The van der Waals surface area contributed by atoms with E-state index in [9.17, 15) is 4.79 Å². The molecule has 0 atom stereocenters. The van der Waals surface area contributed by atoms with Crippen molar-refractivity contribution < 1.29 is 9.53 Å². The highest BCUT2D eigenvalue weighted by atomic mass is 35.5. The molecule has 1 N–H and O–H groups in total. The number of carbonyl (C=O) groups excluding carboxylic acids is 1. The summed E-state index contributed by atoms with van der Waals surface area (Å²) < 4.78 is 5.55. The lowest BCUT2D eigenvalue weighted by atomic mass is 10.2. The Labute approximate surface area is 145 Å². The van der Waals surface area contributed by atoms with Gasteiger partial charge < -0.3 is 10.1 Å². The average molecular weight is 353 g/mol. The average Bonchev–Trinajstić information content (AvgIpc) is 2.55. The third kappa shape index (κ3) is 6.47. The Hall–Kier alpha value is -1.78. The minimum atomic E-state index is 0.0141.